The van der Waals surface area contributed by atoms with Gasteiger partial charge in [-0.15, -0.1) is 0 Å². The Morgan fingerprint density at radius 3 is 2.50 bits per heavy atom. The highest BCUT2D eigenvalue weighted by molar-refractivity contribution is 7.08. The first kappa shape index (κ1) is 16.7. The van der Waals surface area contributed by atoms with Crippen LogP contribution in [0.3, 0.4) is 0 Å². The smallest absolute Gasteiger partial charge is 0.319 e. The third-order valence-corrected chi connectivity index (χ3v) is 5.04. The van der Waals surface area contributed by atoms with Crippen LogP contribution in [-0.4, -0.2) is 47.2 Å². The highest BCUT2D eigenvalue weighted by Gasteiger charge is 2.21. The molecule has 1 fully saturated rings. The van der Waals surface area contributed by atoms with Crippen molar-refractivity contribution in [2.45, 2.75) is 12.8 Å². The molecule has 0 bridgehead atoms. The molecule has 7 nitrogen and oxygen atoms in total. The van der Waals surface area contributed by atoms with E-state index in [1.165, 1.54) is 20.0 Å². The van der Waals surface area contributed by atoms with Gasteiger partial charge >= 0.3 is 6.01 Å². The molecule has 0 aliphatic carbocycles. The number of hydrogen-bond acceptors (Lipinski definition) is 8. The zero-order valence-electron chi connectivity index (χ0n) is 14.7. The molecule has 4 rings (SSSR count). The second-order valence-corrected chi connectivity index (χ2v) is 6.70. The van der Waals surface area contributed by atoms with Crippen molar-refractivity contribution in [3.8, 4) is 34.3 Å². The molecule has 1 aliphatic heterocycles. The molecule has 0 unspecified atom stereocenters. The van der Waals surface area contributed by atoms with E-state index >= 15 is 0 Å². The molecule has 0 saturated carbocycles. The average molecular weight is 369 g/mol. The molecule has 0 atom stereocenters. The monoisotopic (exact) mass is 369 g/mol. The van der Waals surface area contributed by atoms with Gasteiger partial charge in [0.25, 0.3) is 0 Å². The van der Waals surface area contributed by atoms with Crippen LogP contribution in [0.25, 0.3) is 22.4 Å². The summed E-state index contributed by atoms with van der Waals surface area (Å²) in [5.74, 6) is 1.16. The average Bonchev–Trinajstić information content (AvgIpc) is 3.41. The first-order chi connectivity index (χ1) is 12.8. The molecule has 0 radical (unpaired) electrons. The van der Waals surface area contributed by atoms with E-state index in [2.05, 4.69) is 31.3 Å². The summed E-state index contributed by atoms with van der Waals surface area (Å²) in [5, 5.41) is 4.11. The maximum absolute atomic E-state index is 5.48. The van der Waals surface area contributed by atoms with Gasteiger partial charge < -0.3 is 14.4 Å². The minimum absolute atomic E-state index is 0.261. The topological polar surface area (TPSA) is 73.3 Å². The lowest BCUT2D eigenvalue weighted by molar-refractivity contribution is 0.353. The van der Waals surface area contributed by atoms with Crippen LogP contribution >= 0.6 is 11.3 Å². The van der Waals surface area contributed by atoms with Gasteiger partial charge in [-0.25, -0.2) is 15.0 Å². The van der Waals surface area contributed by atoms with Gasteiger partial charge in [0.15, 0.2) is 0 Å². The highest BCUT2D eigenvalue weighted by atomic mass is 32.1. The number of nitrogens with zero attached hydrogens (tertiary/aromatic N) is 5. The molecular weight excluding hydrogens is 350 g/mol. The normalized spacial score (nSPS) is 13.8. The third kappa shape index (κ3) is 3.08. The summed E-state index contributed by atoms with van der Waals surface area (Å²) in [4.78, 5) is 20.2. The predicted octanol–water partition coefficient (Wildman–Crippen LogP) is 3.28. The second kappa shape index (κ2) is 7.25. The van der Waals surface area contributed by atoms with Crippen LogP contribution in [0.15, 0.2) is 29.2 Å². The summed E-state index contributed by atoms with van der Waals surface area (Å²) in [5.41, 5.74) is 3.48. The molecule has 4 heterocycles. The van der Waals surface area contributed by atoms with Gasteiger partial charge in [0.05, 0.1) is 25.5 Å². The van der Waals surface area contributed by atoms with E-state index in [9.17, 15) is 0 Å². The van der Waals surface area contributed by atoms with Crippen LogP contribution in [0.5, 0.6) is 11.9 Å². The lowest BCUT2D eigenvalue weighted by atomic mass is 10.1. The molecule has 3 aromatic heterocycles. The van der Waals surface area contributed by atoms with Crippen molar-refractivity contribution in [1.82, 2.24) is 19.9 Å². The van der Waals surface area contributed by atoms with E-state index in [0.29, 0.717) is 5.88 Å². The maximum Gasteiger partial charge on any atom is 0.319 e. The quantitative estimate of drug-likeness (QED) is 0.683. The van der Waals surface area contributed by atoms with E-state index in [0.717, 1.165) is 41.4 Å². The molecule has 26 heavy (non-hydrogen) atoms. The Balaban J connectivity index is 1.88. The van der Waals surface area contributed by atoms with E-state index in [1.807, 2.05) is 11.6 Å². The number of ether oxygens (including phenoxy) is 2. The molecule has 0 amide bonds. The van der Waals surface area contributed by atoms with Crippen LogP contribution in [-0.2, 0) is 0 Å². The van der Waals surface area contributed by atoms with Crippen molar-refractivity contribution in [3.63, 3.8) is 0 Å². The molecule has 0 spiro atoms. The highest BCUT2D eigenvalue weighted by Crippen LogP contribution is 2.36. The molecule has 8 heteroatoms. The fourth-order valence-corrected chi connectivity index (χ4v) is 3.70. The fraction of sp³-hybridized carbons (Fsp3) is 0.333. The Morgan fingerprint density at radius 2 is 1.81 bits per heavy atom. The molecule has 134 valence electrons. The first-order valence-electron chi connectivity index (χ1n) is 8.40. The van der Waals surface area contributed by atoms with E-state index in [1.54, 1.807) is 24.6 Å². The number of rotatable bonds is 5. The van der Waals surface area contributed by atoms with Gasteiger partial charge in [0.2, 0.25) is 11.8 Å². The Kier molecular flexibility index (Phi) is 4.66. The van der Waals surface area contributed by atoms with Crippen LogP contribution in [0.2, 0.25) is 0 Å². The summed E-state index contributed by atoms with van der Waals surface area (Å²) in [6.45, 7) is 1.96. The molecule has 0 N–H and O–H groups in total. The number of hydrogen-bond donors (Lipinski definition) is 0. The Labute approximate surface area is 155 Å². The van der Waals surface area contributed by atoms with Crippen LogP contribution < -0.4 is 14.4 Å². The van der Waals surface area contributed by atoms with Crippen LogP contribution in [0, 0.1) is 0 Å². The van der Waals surface area contributed by atoms with Crippen LogP contribution in [0.4, 0.5) is 5.95 Å². The van der Waals surface area contributed by atoms with E-state index < -0.39 is 0 Å². The summed E-state index contributed by atoms with van der Waals surface area (Å²) >= 11 is 1.64. The van der Waals surface area contributed by atoms with E-state index in [4.69, 9.17) is 14.5 Å². The number of aromatic nitrogens is 4. The summed E-state index contributed by atoms with van der Waals surface area (Å²) < 4.78 is 10.6. The number of thiophene rings is 1. The molecule has 0 aromatic carbocycles. The van der Waals surface area contributed by atoms with Gasteiger partial charge in [-0.3, -0.25) is 0 Å². The zero-order valence-corrected chi connectivity index (χ0v) is 15.5. The van der Waals surface area contributed by atoms with Crippen molar-refractivity contribution in [3.05, 3.63) is 29.2 Å². The molecule has 3 aromatic rings. The summed E-state index contributed by atoms with van der Waals surface area (Å²) in [6, 6.07) is 2.32. The van der Waals surface area contributed by atoms with Crippen molar-refractivity contribution in [2.75, 3.05) is 32.2 Å². The van der Waals surface area contributed by atoms with Crippen molar-refractivity contribution in [1.29, 1.82) is 0 Å². The Bertz CT molecular complexity index is 895. The van der Waals surface area contributed by atoms with Crippen molar-refractivity contribution in [2.24, 2.45) is 0 Å². The fourth-order valence-electron chi connectivity index (χ4n) is 3.04. The molecule has 1 saturated heterocycles. The maximum atomic E-state index is 5.48. The lowest BCUT2D eigenvalue weighted by Crippen LogP contribution is -2.20. The van der Waals surface area contributed by atoms with Gasteiger partial charge in [0.1, 0.15) is 0 Å². The van der Waals surface area contributed by atoms with Gasteiger partial charge in [-0.2, -0.15) is 16.3 Å². The standard InChI is InChI=1S/C18H19N5O2S/c1-24-16-14(10-20-18(22-16)25-2)15-13(12-5-8-26-11-12)9-19-17(21-15)23-6-3-4-7-23/h5,8-11H,3-4,6-7H2,1-2H3. The van der Waals surface area contributed by atoms with Gasteiger partial charge in [0, 0.05) is 31.0 Å². The zero-order chi connectivity index (χ0) is 17.9. The summed E-state index contributed by atoms with van der Waals surface area (Å²) in [6.07, 6.45) is 5.90. The van der Waals surface area contributed by atoms with Gasteiger partial charge in [-0.1, -0.05) is 0 Å². The van der Waals surface area contributed by atoms with Crippen molar-refractivity contribution >= 4 is 17.3 Å². The SMILES string of the molecule is COc1ncc(-c2nc(N3CCCC3)ncc2-c2ccsc2)c(OC)n1. The lowest BCUT2D eigenvalue weighted by Gasteiger charge is -2.18. The minimum Gasteiger partial charge on any atom is -0.480 e. The largest absolute Gasteiger partial charge is 0.480 e. The second-order valence-electron chi connectivity index (χ2n) is 5.92. The third-order valence-electron chi connectivity index (χ3n) is 4.36. The minimum atomic E-state index is 0.261. The molecule has 1 aliphatic rings. The Morgan fingerprint density at radius 1 is 1.00 bits per heavy atom. The predicted molar refractivity (Wildman–Crippen MR) is 101 cm³/mol. The van der Waals surface area contributed by atoms with Crippen LogP contribution in [0.1, 0.15) is 12.8 Å². The van der Waals surface area contributed by atoms with Crippen molar-refractivity contribution < 1.29 is 9.47 Å². The van der Waals surface area contributed by atoms with E-state index in [-0.39, 0.29) is 6.01 Å². The Hall–Kier alpha value is -2.74. The number of methoxy groups -OCH3 is 2. The van der Waals surface area contributed by atoms with Gasteiger partial charge in [-0.05, 0) is 35.2 Å². The first-order valence-corrected chi connectivity index (χ1v) is 9.34. The molecular formula is C18H19N5O2S. The number of anilines is 1. The summed E-state index contributed by atoms with van der Waals surface area (Å²) in [7, 11) is 3.11.